The third kappa shape index (κ3) is 2.92. The van der Waals surface area contributed by atoms with Crippen LogP contribution in [-0.4, -0.2) is 29.3 Å². The van der Waals surface area contributed by atoms with Gasteiger partial charge in [0.2, 0.25) is 11.8 Å². The maximum Gasteiger partial charge on any atom is 0.245 e. The molecule has 2 atom stereocenters. The second-order valence-corrected chi connectivity index (χ2v) is 4.80. The SMILES string of the molecule is CC1NC(=O)CCN(C(C)c2cccc(F)c2)C1=O. The molecular formula is C14H17FN2O2. The molecule has 2 amide bonds. The van der Waals surface area contributed by atoms with Crippen molar-refractivity contribution in [2.45, 2.75) is 32.4 Å². The molecule has 2 unspecified atom stereocenters. The molecule has 0 radical (unpaired) electrons. The zero-order chi connectivity index (χ0) is 14.0. The summed E-state index contributed by atoms with van der Waals surface area (Å²) in [7, 11) is 0. The van der Waals surface area contributed by atoms with Crippen LogP contribution in [0.25, 0.3) is 0 Å². The Hall–Kier alpha value is -1.91. The lowest BCUT2D eigenvalue weighted by molar-refractivity contribution is -0.134. The molecule has 19 heavy (non-hydrogen) atoms. The molecule has 1 saturated heterocycles. The predicted molar refractivity (Wildman–Crippen MR) is 68.7 cm³/mol. The van der Waals surface area contributed by atoms with E-state index in [0.29, 0.717) is 6.54 Å². The standard InChI is InChI=1S/C14H17FN2O2/c1-9-14(19)17(7-6-13(18)16-9)10(2)11-4-3-5-12(15)8-11/h3-5,8-10H,6-7H2,1-2H3,(H,16,18). The molecule has 0 aromatic heterocycles. The molecule has 1 aromatic carbocycles. The van der Waals surface area contributed by atoms with Crippen molar-refractivity contribution in [3.8, 4) is 0 Å². The Labute approximate surface area is 111 Å². The van der Waals surface area contributed by atoms with Crippen molar-refractivity contribution in [2.24, 2.45) is 0 Å². The fourth-order valence-corrected chi connectivity index (χ4v) is 2.29. The fourth-order valence-electron chi connectivity index (χ4n) is 2.29. The zero-order valence-corrected chi connectivity index (χ0v) is 11.0. The molecule has 0 saturated carbocycles. The number of nitrogens with zero attached hydrogens (tertiary/aromatic N) is 1. The molecule has 1 N–H and O–H groups in total. The number of carbonyl (C=O) groups is 2. The highest BCUT2D eigenvalue weighted by molar-refractivity contribution is 5.89. The molecule has 0 spiro atoms. The summed E-state index contributed by atoms with van der Waals surface area (Å²) in [5.74, 6) is -0.591. The molecule has 102 valence electrons. The van der Waals surface area contributed by atoms with E-state index in [-0.39, 0.29) is 30.1 Å². The smallest absolute Gasteiger partial charge is 0.245 e. The molecule has 2 rings (SSSR count). The lowest BCUT2D eigenvalue weighted by Gasteiger charge is -2.29. The van der Waals surface area contributed by atoms with Gasteiger partial charge in [-0.05, 0) is 31.5 Å². The molecule has 1 aromatic rings. The van der Waals surface area contributed by atoms with Gasteiger partial charge in [-0.1, -0.05) is 12.1 Å². The van der Waals surface area contributed by atoms with Gasteiger partial charge in [-0.15, -0.1) is 0 Å². The molecule has 1 aliphatic rings. The van der Waals surface area contributed by atoms with E-state index in [0.717, 1.165) is 5.56 Å². The second-order valence-electron chi connectivity index (χ2n) is 4.80. The quantitative estimate of drug-likeness (QED) is 0.882. The van der Waals surface area contributed by atoms with E-state index < -0.39 is 6.04 Å². The van der Waals surface area contributed by atoms with Crippen molar-refractivity contribution in [2.75, 3.05) is 6.54 Å². The number of rotatable bonds is 2. The number of carbonyl (C=O) groups excluding carboxylic acids is 2. The molecular weight excluding hydrogens is 247 g/mol. The monoisotopic (exact) mass is 264 g/mol. The van der Waals surface area contributed by atoms with Crippen LogP contribution in [0.1, 0.15) is 31.9 Å². The maximum absolute atomic E-state index is 13.2. The predicted octanol–water partition coefficient (Wildman–Crippen LogP) is 1.62. The van der Waals surface area contributed by atoms with Gasteiger partial charge in [0.15, 0.2) is 0 Å². The van der Waals surface area contributed by atoms with Gasteiger partial charge in [-0.25, -0.2) is 4.39 Å². The summed E-state index contributed by atoms with van der Waals surface area (Å²) < 4.78 is 13.2. The molecule has 0 bridgehead atoms. The summed E-state index contributed by atoms with van der Waals surface area (Å²) in [6.45, 7) is 3.86. The van der Waals surface area contributed by atoms with Crippen molar-refractivity contribution in [3.63, 3.8) is 0 Å². The maximum atomic E-state index is 13.2. The van der Waals surface area contributed by atoms with Gasteiger partial charge in [0, 0.05) is 13.0 Å². The van der Waals surface area contributed by atoms with Crippen molar-refractivity contribution < 1.29 is 14.0 Å². The van der Waals surface area contributed by atoms with Crippen LogP contribution in [-0.2, 0) is 9.59 Å². The van der Waals surface area contributed by atoms with Crippen molar-refractivity contribution in [3.05, 3.63) is 35.6 Å². The fraction of sp³-hybridized carbons (Fsp3) is 0.429. The van der Waals surface area contributed by atoms with Gasteiger partial charge < -0.3 is 10.2 Å². The van der Waals surface area contributed by atoms with Crippen LogP contribution in [0.2, 0.25) is 0 Å². The Morgan fingerprint density at radius 2 is 2.16 bits per heavy atom. The minimum absolute atomic E-state index is 0.130. The first kappa shape index (κ1) is 13.5. The first-order chi connectivity index (χ1) is 8.99. The molecule has 0 aliphatic carbocycles. The second kappa shape index (κ2) is 5.38. The minimum Gasteiger partial charge on any atom is -0.345 e. The van der Waals surface area contributed by atoms with E-state index in [2.05, 4.69) is 5.32 Å². The van der Waals surface area contributed by atoms with Crippen LogP contribution in [0.4, 0.5) is 4.39 Å². The highest BCUT2D eigenvalue weighted by Gasteiger charge is 2.30. The summed E-state index contributed by atoms with van der Waals surface area (Å²) in [5, 5.41) is 2.63. The van der Waals surface area contributed by atoms with E-state index in [1.807, 2.05) is 6.92 Å². The number of nitrogens with one attached hydrogen (secondary N) is 1. The highest BCUT2D eigenvalue weighted by Crippen LogP contribution is 2.23. The average molecular weight is 264 g/mol. The van der Waals surface area contributed by atoms with Crippen LogP contribution in [0, 0.1) is 5.82 Å². The van der Waals surface area contributed by atoms with Crippen LogP contribution in [0.15, 0.2) is 24.3 Å². The van der Waals surface area contributed by atoms with E-state index in [4.69, 9.17) is 0 Å². The highest BCUT2D eigenvalue weighted by atomic mass is 19.1. The van der Waals surface area contributed by atoms with Crippen molar-refractivity contribution >= 4 is 11.8 Å². The molecule has 1 heterocycles. The van der Waals surface area contributed by atoms with Crippen LogP contribution in [0.3, 0.4) is 0 Å². The third-order valence-corrected chi connectivity index (χ3v) is 3.41. The summed E-state index contributed by atoms with van der Waals surface area (Å²) in [5.41, 5.74) is 0.731. The normalized spacial score (nSPS) is 21.8. The van der Waals surface area contributed by atoms with Gasteiger partial charge in [-0.2, -0.15) is 0 Å². The lowest BCUT2D eigenvalue weighted by atomic mass is 10.1. The van der Waals surface area contributed by atoms with Gasteiger partial charge in [0.1, 0.15) is 11.9 Å². The van der Waals surface area contributed by atoms with Crippen LogP contribution in [0.5, 0.6) is 0 Å². The zero-order valence-electron chi connectivity index (χ0n) is 11.0. The number of halogens is 1. The molecule has 4 nitrogen and oxygen atoms in total. The number of hydrogen-bond acceptors (Lipinski definition) is 2. The average Bonchev–Trinajstić information content (AvgIpc) is 2.49. The summed E-state index contributed by atoms with van der Waals surface area (Å²) in [6, 6.07) is 5.41. The van der Waals surface area contributed by atoms with Gasteiger partial charge in [-0.3, -0.25) is 9.59 Å². The van der Waals surface area contributed by atoms with Gasteiger partial charge >= 0.3 is 0 Å². The topological polar surface area (TPSA) is 49.4 Å². The third-order valence-electron chi connectivity index (χ3n) is 3.41. The number of benzene rings is 1. The Morgan fingerprint density at radius 3 is 2.84 bits per heavy atom. The lowest BCUT2D eigenvalue weighted by Crippen LogP contribution is -2.43. The van der Waals surface area contributed by atoms with E-state index in [1.54, 1.807) is 24.0 Å². The molecule has 1 aliphatic heterocycles. The van der Waals surface area contributed by atoms with Gasteiger partial charge in [0.05, 0.1) is 6.04 Å². The summed E-state index contributed by atoms with van der Waals surface area (Å²) in [4.78, 5) is 25.3. The molecule has 1 fully saturated rings. The summed E-state index contributed by atoms with van der Waals surface area (Å²) >= 11 is 0. The van der Waals surface area contributed by atoms with Gasteiger partial charge in [0.25, 0.3) is 0 Å². The largest absolute Gasteiger partial charge is 0.345 e. The van der Waals surface area contributed by atoms with E-state index in [1.165, 1.54) is 12.1 Å². The number of hydrogen-bond donors (Lipinski definition) is 1. The first-order valence-corrected chi connectivity index (χ1v) is 6.34. The van der Waals surface area contributed by atoms with Crippen molar-refractivity contribution in [1.82, 2.24) is 10.2 Å². The summed E-state index contributed by atoms with van der Waals surface area (Å²) in [6.07, 6.45) is 0.274. The first-order valence-electron chi connectivity index (χ1n) is 6.34. The minimum atomic E-state index is -0.536. The van der Waals surface area contributed by atoms with E-state index >= 15 is 0 Å². The Balaban J connectivity index is 2.24. The Morgan fingerprint density at radius 1 is 1.42 bits per heavy atom. The molecule has 5 heteroatoms. The number of amides is 2. The Bertz CT molecular complexity index is 504. The Kier molecular flexibility index (Phi) is 3.83. The van der Waals surface area contributed by atoms with Crippen LogP contribution >= 0.6 is 0 Å². The van der Waals surface area contributed by atoms with E-state index in [9.17, 15) is 14.0 Å². The van der Waals surface area contributed by atoms with Crippen molar-refractivity contribution in [1.29, 1.82) is 0 Å². The van der Waals surface area contributed by atoms with Crippen LogP contribution < -0.4 is 5.32 Å².